The van der Waals surface area contributed by atoms with Crippen LogP contribution in [-0.4, -0.2) is 31.7 Å². The zero-order chi connectivity index (χ0) is 9.94. The molecule has 0 rings (SSSR count). The van der Waals surface area contributed by atoms with Crippen molar-refractivity contribution >= 4 is 0 Å². The molecule has 0 spiro atoms. The Kier molecular flexibility index (Phi) is 9.87. The van der Waals surface area contributed by atoms with Gasteiger partial charge in [0.05, 0.1) is 0 Å². The monoisotopic (exact) mass is 190 g/mol. The summed E-state index contributed by atoms with van der Waals surface area (Å²) in [5.74, 6) is 0. The van der Waals surface area contributed by atoms with E-state index >= 15 is 0 Å². The zero-order valence-corrected chi connectivity index (χ0v) is 8.79. The van der Waals surface area contributed by atoms with Crippen LogP contribution in [0, 0.1) is 0 Å². The minimum absolute atomic E-state index is 0.0425. The average molecular weight is 190 g/mol. The summed E-state index contributed by atoms with van der Waals surface area (Å²) in [5.41, 5.74) is 0. The fourth-order valence-corrected chi connectivity index (χ4v) is 1.11. The Balaban J connectivity index is 3.17. The second-order valence-electron chi connectivity index (χ2n) is 3.11. The molecule has 0 aromatic carbocycles. The fraction of sp³-hybridized carbons (Fsp3) is 1.00. The molecule has 0 aliphatic carbocycles. The second kappa shape index (κ2) is 9.96. The Morgan fingerprint density at radius 2 is 2.00 bits per heavy atom. The van der Waals surface area contributed by atoms with Crippen LogP contribution in [0.4, 0.5) is 0 Å². The lowest BCUT2D eigenvalue weighted by molar-refractivity contribution is -0.128. The number of methoxy groups -OCH3 is 1. The third kappa shape index (κ3) is 8.22. The molecule has 0 aromatic rings. The van der Waals surface area contributed by atoms with Crippen LogP contribution in [-0.2, 0) is 9.47 Å². The van der Waals surface area contributed by atoms with E-state index in [0.717, 1.165) is 38.7 Å². The number of aliphatic hydroxyl groups is 1. The highest BCUT2D eigenvalue weighted by atomic mass is 16.7. The van der Waals surface area contributed by atoms with Crippen molar-refractivity contribution in [1.29, 1.82) is 0 Å². The highest BCUT2D eigenvalue weighted by Gasteiger charge is 2.04. The van der Waals surface area contributed by atoms with Crippen LogP contribution in [0.15, 0.2) is 0 Å². The van der Waals surface area contributed by atoms with Crippen LogP contribution in [0.25, 0.3) is 0 Å². The first kappa shape index (κ1) is 12.9. The third-order valence-electron chi connectivity index (χ3n) is 1.89. The van der Waals surface area contributed by atoms with Crippen molar-refractivity contribution in [2.75, 3.05) is 20.3 Å². The van der Waals surface area contributed by atoms with Gasteiger partial charge in [0.25, 0.3) is 0 Å². The summed E-state index contributed by atoms with van der Waals surface area (Å²) in [4.78, 5) is 0. The Morgan fingerprint density at radius 1 is 1.23 bits per heavy atom. The summed E-state index contributed by atoms with van der Waals surface area (Å²) >= 11 is 0. The predicted octanol–water partition coefficient (Wildman–Crippen LogP) is 1.94. The van der Waals surface area contributed by atoms with Gasteiger partial charge in [-0.3, -0.25) is 0 Å². The second-order valence-corrected chi connectivity index (χ2v) is 3.11. The molecular formula is C10H22O3. The molecule has 13 heavy (non-hydrogen) atoms. The lowest BCUT2D eigenvalue weighted by atomic mass is 10.2. The van der Waals surface area contributed by atoms with Crippen LogP contribution in [0.1, 0.15) is 39.0 Å². The number of rotatable bonds is 9. The van der Waals surface area contributed by atoms with Gasteiger partial charge in [0.2, 0.25) is 0 Å². The Morgan fingerprint density at radius 3 is 2.54 bits per heavy atom. The Bertz CT molecular complexity index is 96.2. The largest absolute Gasteiger partial charge is 0.396 e. The summed E-state index contributed by atoms with van der Waals surface area (Å²) in [6.45, 7) is 3.13. The molecule has 0 bridgehead atoms. The molecule has 0 fully saturated rings. The van der Waals surface area contributed by atoms with Gasteiger partial charge < -0.3 is 14.6 Å². The maximum atomic E-state index is 8.54. The van der Waals surface area contributed by atoms with Crippen molar-refractivity contribution in [3.05, 3.63) is 0 Å². The Hall–Kier alpha value is -0.120. The molecule has 0 aliphatic heterocycles. The summed E-state index contributed by atoms with van der Waals surface area (Å²) in [5, 5.41) is 8.54. The molecule has 3 heteroatoms. The van der Waals surface area contributed by atoms with E-state index in [1.165, 1.54) is 0 Å². The molecule has 80 valence electrons. The van der Waals surface area contributed by atoms with Gasteiger partial charge in [0.1, 0.15) is 0 Å². The minimum Gasteiger partial charge on any atom is -0.396 e. The molecule has 0 aromatic heterocycles. The number of unbranched alkanes of at least 4 members (excludes halogenated alkanes) is 2. The summed E-state index contributed by atoms with van der Waals surface area (Å²) in [6.07, 6.45) is 4.89. The van der Waals surface area contributed by atoms with Crippen LogP contribution >= 0.6 is 0 Å². The fourth-order valence-electron chi connectivity index (χ4n) is 1.11. The van der Waals surface area contributed by atoms with Crippen molar-refractivity contribution in [2.24, 2.45) is 0 Å². The van der Waals surface area contributed by atoms with E-state index in [1.54, 1.807) is 7.11 Å². The molecule has 0 aliphatic rings. The highest BCUT2D eigenvalue weighted by molar-refractivity contribution is 4.44. The van der Waals surface area contributed by atoms with E-state index in [-0.39, 0.29) is 12.9 Å². The van der Waals surface area contributed by atoms with Crippen molar-refractivity contribution in [2.45, 2.75) is 45.3 Å². The van der Waals surface area contributed by atoms with Gasteiger partial charge in [-0.15, -0.1) is 0 Å². The first-order valence-electron chi connectivity index (χ1n) is 5.10. The van der Waals surface area contributed by atoms with Crippen LogP contribution in [0.2, 0.25) is 0 Å². The predicted molar refractivity (Wildman–Crippen MR) is 52.6 cm³/mol. The van der Waals surface area contributed by atoms with Gasteiger partial charge in [-0.1, -0.05) is 13.3 Å². The van der Waals surface area contributed by atoms with E-state index in [9.17, 15) is 0 Å². The van der Waals surface area contributed by atoms with Gasteiger partial charge in [0.15, 0.2) is 6.29 Å². The van der Waals surface area contributed by atoms with Crippen molar-refractivity contribution in [1.82, 2.24) is 0 Å². The number of aliphatic hydroxyl groups excluding tert-OH is 1. The summed E-state index contributed by atoms with van der Waals surface area (Å²) in [7, 11) is 1.67. The van der Waals surface area contributed by atoms with Crippen molar-refractivity contribution in [3.63, 3.8) is 0 Å². The minimum atomic E-state index is -0.0425. The smallest absolute Gasteiger partial charge is 0.157 e. The van der Waals surface area contributed by atoms with Crippen molar-refractivity contribution < 1.29 is 14.6 Å². The normalized spacial score (nSPS) is 13.2. The lowest BCUT2D eigenvalue weighted by Gasteiger charge is -2.14. The van der Waals surface area contributed by atoms with E-state index in [2.05, 4.69) is 6.92 Å². The quantitative estimate of drug-likeness (QED) is 0.446. The van der Waals surface area contributed by atoms with E-state index in [4.69, 9.17) is 14.6 Å². The van der Waals surface area contributed by atoms with Crippen LogP contribution in [0.3, 0.4) is 0 Å². The maximum absolute atomic E-state index is 8.54. The molecule has 0 heterocycles. The molecule has 0 saturated carbocycles. The average Bonchev–Trinajstić information content (AvgIpc) is 2.16. The summed E-state index contributed by atoms with van der Waals surface area (Å²) in [6, 6.07) is 0. The maximum Gasteiger partial charge on any atom is 0.157 e. The van der Waals surface area contributed by atoms with Gasteiger partial charge in [-0.05, 0) is 25.7 Å². The first-order chi connectivity index (χ1) is 6.35. The van der Waals surface area contributed by atoms with Crippen LogP contribution < -0.4 is 0 Å². The number of ether oxygens (including phenoxy) is 2. The van der Waals surface area contributed by atoms with Gasteiger partial charge in [0, 0.05) is 20.3 Å². The van der Waals surface area contributed by atoms with Gasteiger partial charge >= 0.3 is 0 Å². The molecule has 3 nitrogen and oxygen atoms in total. The standard InChI is InChI=1S/C10H22O3/c1-3-7-10(12-2)13-9-6-4-5-8-11/h10-11H,3-9H2,1-2H3. The lowest BCUT2D eigenvalue weighted by Crippen LogP contribution is -2.15. The topological polar surface area (TPSA) is 38.7 Å². The molecule has 0 saturated heterocycles. The van der Waals surface area contributed by atoms with Gasteiger partial charge in [-0.25, -0.2) is 0 Å². The van der Waals surface area contributed by atoms with Crippen LogP contribution in [0.5, 0.6) is 0 Å². The van der Waals surface area contributed by atoms with E-state index < -0.39 is 0 Å². The SMILES string of the molecule is CCCC(OC)OCCCCCO. The van der Waals surface area contributed by atoms with E-state index in [0.29, 0.717) is 0 Å². The molecule has 1 N–H and O–H groups in total. The van der Waals surface area contributed by atoms with Gasteiger partial charge in [-0.2, -0.15) is 0 Å². The highest BCUT2D eigenvalue weighted by Crippen LogP contribution is 2.04. The summed E-state index contributed by atoms with van der Waals surface area (Å²) < 4.78 is 10.6. The number of hydrogen-bond donors (Lipinski definition) is 1. The number of hydrogen-bond acceptors (Lipinski definition) is 3. The van der Waals surface area contributed by atoms with E-state index in [1.807, 2.05) is 0 Å². The van der Waals surface area contributed by atoms with Crippen molar-refractivity contribution in [3.8, 4) is 0 Å². The Labute approximate surface area is 81.0 Å². The molecule has 0 radical (unpaired) electrons. The molecule has 1 atom stereocenters. The molecule has 0 amide bonds. The first-order valence-corrected chi connectivity index (χ1v) is 5.10. The zero-order valence-electron chi connectivity index (χ0n) is 8.79. The molecule has 1 unspecified atom stereocenters. The molecular weight excluding hydrogens is 168 g/mol. The third-order valence-corrected chi connectivity index (χ3v) is 1.89.